The first kappa shape index (κ1) is 20.6. The van der Waals surface area contributed by atoms with Gasteiger partial charge in [0.2, 0.25) is 0 Å². The average Bonchev–Trinajstić information content (AvgIpc) is 3.10. The molecule has 0 amide bonds. The summed E-state index contributed by atoms with van der Waals surface area (Å²) in [5.74, 6) is 1.51. The van der Waals surface area contributed by atoms with E-state index >= 15 is 0 Å². The smallest absolute Gasteiger partial charge is 0.303 e. The Balaban J connectivity index is 1.52. The van der Waals surface area contributed by atoms with E-state index in [4.69, 9.17) is 5.11 Å². The predicted octanol–water partition coefficient (Wildman–Crippen LogP) is 4.32. The van der Waals surface area contributed by atoms with Gasteiger partial charge in [-0.1, -0.05) is 43.6 Å². The highest BCUT2D eigenvalue weighted by Crippen LogP contribution is 2.50. The Labute approximate surface area is 163 Å². The number of hydrogen-bond donors (Lipinski definition) is 3. The van der Waals surface area contributed by atoms with Crippen LogP contribution in [0.15, 0.2) is 23.8 Å². The predicted molar refractivity (Wildman–Crippen MR) is 106 cm³/mol. The molecular weight excluding hydrogens is 340 g/mol. The molecule has 0 aromatic heterocycles. The Morgan fingerprint density at radius 2 is 2.11 bits per heavy atom. The molecule has 0 aromatic carbocycles. The molecule has 4 nitrogen and oxygen atoms in total. The third-order valence-corrected chi connectivity index (χ3v) is 7.24. The molecule has 7 atom stereocenters. The Morgan fingerprint density at radius 3 is 2.78 bits per heavy atom. The monoisotopic (exact) mass is 376 g/mol. The summed E-state index contributed by atoms with van der Waals surface area (Å²) < 4.78 is 0. The fourth-order valence-corrected chi connectivity index (χ4v) is 5.66. The van der Waals surface area contributed by atoms with Crippen molar-refractivity contribution in [3.63, 3.8) is 0 Å². The fourth-order valence-electron chi connectivity index (χ4n) is 5.66. The van der Waals surface area contributed by atoms with Crippen LogP contribution in [0.5, 0.6) is 0 Å². The fraction of sp³-hybridized carbons (Fsp3) is 0.783. The zero-order valence-corrected chi connectivity index (χ0v) is 16.6. The number of rotatable bonds is 9. The van der Waals surface area contributed by atoms with Gasteiger partial charge in [-0.05, 0) is 68.6 Å². The number of aliphatic hydroxyl groups is 2. The van der Waals surface area contributed by atoms with Crippen LogP contribution >= 0.6 is 0 Å². The molecule has 3 fully saturated rings. The minimum absolute atomic E-state index is 0.152. The zero-order valence-electron chi connectivity index (χ0n) is 16.6. The van der Waals surface area contributed by atoms with E-state index < -0.39 is 5.97 Å². The van der Waals surface area contributed by atoms with Gasteiger partial charge in [0.25, 0.3) is 0 Å². The van der Waals surface area contributed by atoms with Gasteiger partial charge in [-0.3, -0.25) is 4.79 Å². The van der Waals surface area contributed by atoms with Gasteiger partial charge in [-0.25, -0.2) is 0 Å². The number of carboxylic acid groups (broad SMARTS) is 1. The maximum absolute atomic E-state index is 10.6. The molecule has 0 heterocycles. The molecule has 3 N–H and O–H groups in total. The van der Waals surface area contributed by atoms with Crippen molar-refractivity contribution in [2.45, 2.75) is 83.3 Å². The van der Waals surface area contributed by atoms with Gasteiger partial charge in [-0.15, -0.1) is 0 Å². The van der Waals surface area contributed by atoms with Gasteiger partial charge in [0.1, 0.15) is 0 Å². The van der Waals surface area contributed by atoms with Crippen molar-refractivity contribution in [3.05, 3.63) is 23.8 Å². The number of allylic oxidation sites excluding steroid dienone is 2. The molecule has 3 saturated carbocycles. The number of aliphatic carboxylic acids is 1. The second-order valence-corrected chi connectivity index (χ2v) is 9.03. The summed E-state index contributed by atoms with van der Waals surface area (Å²) in [5.41, 5.74) is 1.43. The molecule has 3 aliphatic carbocycles. The normalized spacial score (nSPS) is 38.3. The van der Waals surface area contributed by atoms with Crippen LogP contribution in [0.4, 0.5) is 0 Å². The Morgan fingerprint density at radius 1 is 1.30 bits per heavy atom. The van der Waals surface area contributed by atoms with Crippen LogP contribution < -0.4 is 0 Å². The van der Waals surface area contributed by atoms with Crippen LogP contribution in [-0.2, 0) is 4.79 Å². The lowest BCUT2D eigenvalue weighted by molar-refractivity contribution is -0.137. The van der Waals surface area contributed by atoms with Crippen molar-refractivity contribution in [2.24, 2.45) is 29.6 Å². The topological polar surface area (TPSA) is 77.8 Å². The maximum atomic E-state index is 10.6. The Kier molecular flexibility index (Phi) is 7.16. The zero-order chi connectivity index (χ0) is 19.4. The van der Waals surface area contributed by atoms with E-state index in [-0.39, 0.29) is 24.5 Å². The van der Waals surface area contributed by atoms with E-state index in [1.807, 2.05) is 6.08 Å². The largest absolute Gasteiger partial charge is 0.481 e. The molecule has 4 heteroatoms. The molecule has 0 radical (unpaired) electrons. The number of unbranched alkanes of at least 4 members (excludes halogenated alkanes) is 1. The summed E-state index contributed by atoms with van der Waals surface area (Å²) in [6.45, 7) is 2.21. The minimum atomic E-state index is -0.726. The summed E-state index contributed by atoms with van der Waals surface area (Å²) in [7, 11) is 0. The number of aliphatic hydroxyl groups excluding tert-OH is 2. The quantitative estimate of drug-likeness (QED) is 0.414. The summed E-state index contributed by atoms with van der Waals surface area (Å²) in [6.07, 6.45) is 15.1. The van der Waals surface area contributed by atoms with Crippen LogP contribution in [0.3, 0.4) is 0 Å². The third kappa shape index (κ3) is 5.03. The highest BCUT2D eigenvalue weighted by molar-refractivity contribution is 5.66. The van der Waals surface area contributed by atoms with Crippen molar-refractivity contribution in [1.82, 2.24) is 0 Å². The SMILES string of the molecule is CCCC1CCC1[C@@H](O)/C=C/[C@@H]1[C@H]2C/C(=C/CCCC(=O)O)C[C@@H]2C[C@H]1O. The van der Waals surface area contributed by atoms with Crippen molar-refractivity contribution in [1.29, 1.82) is 0 Å². The van der Waals surface area contributed by atoms with Crippen LogP contribution in [-0.4, -0.2) is 33.5 Å². The van der Waals surface area contributed by atoms with Crippen LogP contribution in [0.25, 0.3) is 0 Å². The molecule has 3 rings (SSSR count). The first-order valence-corrected chi connectivity index (χ1v) is 10.9. The maximum Gasteiger partial charge on any atom is 0.303 e. The molecule has 27 heavy (non-hydrogen) atoms. The van der Waals surface area contributed by atoms with Gasteiger partial charge in [0.15, 0.2) is 0 Å². The molecule has 0 aromatic rings. The van der Waals surface area contributed by atoms with E-state index in [0.29, 0.717) is 30.1 Å². The van der Waals surface area contributed by atoms with E-state index in [1.54, 1.807) is 0 Å². The molecule has 3 aliphatic rings. The van der Waals surface area contributed by atoms with Crippen molar-refractivity contribution >= 4 is 5.97 Å². The van der Waals surface area contributed by atoms with Crippen LogP contribution in [0.2, 0.25) is 0 Å². The van der Waals surface area contributed by atoms with E-state index in [9.17, 15) is 15.0 Å². The van der Waals surface area contributed by atoms with Crippen LogP contribution in [0, 0.1) is 29.6 Å². The van der Waals surface area contributed by atoms with Gasteiger partial charge >= 0.3 is 5.97 Å². The number of fused-ring (bicyclic) bond motifs is 1. The first-order valence-electron chi connectivity index (χ1n) is 10.9. The van der Waals surface area contributed by atoms with Crippen molar-refractivity contribution < 1.29 is 20.1 Å². The second-order valence-electron chi connectivity index (χ2n) is 9.03. The number of carboxylic acids is 1. The molecular formula is C23H36O4. The summed E-state index contributed by atoms with van der Waals surface area (Å²) >= 11 is 0. The molecule has 0 spiro atoms. The number of hydrogen-bond acceptors (Lipinski definition) is 3. The van der Waals surface area contributed by atoms with Gasteiger partial charge in [0.05, 0.1) is 12.2 Å². The lowest BCUT2D eigenvalue weighted by Gasteiger charge is -2.39. The van der Waals surface area contributed by atoms with Gasteiger partial charge < -0.3 is 15.3 Å². The van der Waals surface area contributed by atoms with Gasteiger partial charge in [0, 0.05) is 12.3 Å². The molecule has 0 bridgehead atoms. The molecule has 0 saturated heterocycles. The average molecular weight is 377 g/mol. The highest BCUT2D eigenvalue weighted by atomic mass is 16.4. The van der Waals surface area contributed by atoms with Crippen molar-refractivity contribution in [3.8, 4) is 0 Å². The third-order valence-electron chi connectivity index (χ3n) is 7.24. The van der Waals surface area contributed by atoms with Crippen LogP contribution in [0.1, 0.15) is 71.1 Å². The molecule has 2 unspecified atom stereocenters. The van der Waals surface area contributed by atoms with Gasteiger partial charge in [-0.2, -0.15) is 0 Å². The van der Waals surface area contributed by atoms with E-state index in [1.165, 1.54) is 24.8 Å². The minimum Gasteiger partial charge on any atom is -0.481 e. The summed E-state index contributed by atoms with van der Waals surface area (Å²) in [5, 5.41) is 29.8. The van der Waals surface area contributed by atoms with Crippen molar-refractivity contribution in [2.75, 3.05) is 0 Å². The standard InChI is InChI=1S/C23H36O4/c1-2-5-16-8-9-18(16)21(24)11-10-19-20-13-15(6-3-4-7-23(26)27)12-17(20)14-22(19)25/h6,10-11,16-22,24-25H,2-5,7-9,12-14H2,1H3,(H,26,27)/b11-10+,15-6+/t16?,17-,18?,19-,20+,21+,22-/m1/s1. The second kappa shape index (κ2) is 9.38. The van der Waals surface area contributed by atoms with E-state index in [2.05, 4.69) is 19.1 Å². The lowest BCUT2D eigenvalue weighted by Crippen LogP contribution is -2.35. The first-order chi connectivity index (χ1) is 13.0. The Hall–Kier alpha value is -1.13. The highest BCUT2D eigenvalue weighted by Gasteiger charge is 2.45. The summed E-state index contributed by atoms with van der Waals surface area (Å²) in [4.78, 5) is 10.6. The molecule has 152 valence electrons. The van der Waals surface area contributed by atoms with E-state index in [0.717, 1.165) is 32.1 Å². The molecule has 0 aliphatic heterocycles. The number of carbonyl (C=O) groups is 1. The summed E-state index contributed by atoms with van der Waals surface area (Å²) in [6, 6.07) is 0. The Bertz CT molecular complexity index is 567. The lowest BCUT2D eigenvalue weighted by atomic mass is 9.68.